The van der Waals surface area contributed by atoms with Gasteiger partial charge >= 0.3 is 0 Å². The standard InChI is InChI=1S/C21H29NO3/c1-17-9-4-6-11-20(17)24-14-8-13-22(3)15-19(23)16-25-21-12-7-5-10-18(21)2/h4-7,9-12,19,23H,8,13-16H2,1-3H3. The Morgan fingerprint density at radius 2 is 1.48 bits per heavy atom. The number of hydrogen-bond donors (Lipinski definition) is 1. The molecule has 136 valence electrons. The van der Waals surface area contributed by atoms with E-state index >= 15 is 0 Å². The highest BCUT2D eigenvalue weighted by molar-refractivity contribution is 5.32. The van der Waals surface area contributed by atoms with Gasteiger partial charge in [-0.15, -0.1) is 0 Å². The fourth-order valence-corrected chi connectivity index (χ4v) is 2.64. The van der Waals surface area contributed by atoms with E-state index in [1.165, 1.54) is 0 Å². The monoisotopic (exact) mass is 343 g/mol. The van der Waals surface area contributed by atoms with Gasteiger partial charge in [-0.05, 0) is 50.6 Å². The molecule has 2 aromatic carbocycles. The number of hydrogen-bond acceptors (Lipinski definition) is 4. The van der Waals surface area contributed by atoms with Crippen LogP contribution in [-0.2, 0) is 0 Å². The van der Waals surface area contributed by atoms with Crippen molar-refractivity contribution in [1.82, 2.24) is 4.90 Å². The summed E-state index contributed by atoms with van der Waals surface area (Å²) in [4.78, 5) is 2.10. The average Bonchev–Trinajstić information content (AvgIpc) is 2.59. The van der Waals surface area contributed by atoms with Crippen molar-refractivity contribution in [2.75, 3.05) is 33.4 Å². The molecule has 0 amide bonds. The van der Waals surface area contributed by atoms with Crippen LogP contribution in [0.5, 0.6) is 11.5 Å². The van der Waals surface area contributed by atoms with Crippen LogP contribution in [0.15, 0.2) is 48.5 Å². The van der Waals surface area contributed by atoms with E-state index in [0.29, 0.717) is 19.8 Å². The summed E-state index contributed by atoms with van der Waals surface area (Å²) >= 11 is 0. The van der Waals surface area contributed by atoms with E-state index in [1.54, 1.807) is 0 Å². The smallest absolute Gasteiger partial charge is 0.122 e. The molecule has 4 heteroatoms. The van der Waals surface area contributed by atoms with Crippen LogP contribution in [0.4, 0.5) is 0 Å². The Balaban J connectivity index is 1.62. The number of aliphatic hydroxyl groups is 1. The predicted molar refractivity (Wildman–Crippen MR) is 101 cm³/mol. The number of aryl methyl sites for hydroxylation is 2. The molecule has 0 bridgehead atoms. The van der Waals surface area contributed by atoms with Crippen molar-refractivity contribution in [3.8, 4) is 11.5 Å². The maximum Gasteiger partial charge on any atom is 0.122 e. The van der Waals surface area contributed by atoms with Crippen LogP contribution in [0.2, 0.25) is 0 Å². The van der Waals surface area contributed by atoms with Gasteiger partial charge in [0.25, 0.3) is 0 Å². The summed E-state index contributed by atoms with van der Waals surface area (Å²) < 4.78 is 11.5. The van der Waals surface area contributed by atoms with Crippen molar-refractivity contribution in [2.24, 2.45) is 0 Å². The van der Waals surface area contributed by atoms with Gasteiger partial charge in [0, 0.05) is 13.1 Å². The van der Waals surface area contributed by atoms with E-state index in [0.717, 1.165) is 35.6 Å². The molecule has 0 saturated carbocycles. The topological polar surface area (TPSA) is 41.9 Å². The molecule has 0 saturated heterocycles. The average molecular weight is 343 g/mol. The fraction of sp³-hybridized carbons (Fsp3) is 0.429. The first-order valence-electron chi connectivity index (χ1n) is 8.79. The van der Waals surface area contributed by atoms with Crippen molar-refractivity contribution in [1.29, 1.82) is 0 Å². The van der Waals surface area contributed by atoms with Gasteiger partial charge in [0.2, 0.25) is 0 Å². The van der Waals surface area contributed by atoms with Gasteiger partial charge in [-0.3, -0.25) is 0 Å². The minimum atomic E-state index is -0.512. The summed E-state index contributed by atoms with van der Waals surface area (Å²) in [6.07, 6.45) is 0.401. The quantitative estimate of drug-likeness (QED) is 0.671. The molecular weight excluding hydrogens is 314 g/mol. The third-order valence-corrected chi connectivity index (χ3v) is 4.08. The summed E-state index contributed by atoms with van der Waals surface area (Å²) in [7, 11) is 2.00. The molecule has 4 nitrogen and oxygen atoms in total. The number of benzene rings is 2. The summed E-state index contributed by atoms with van der Waals surface area (Å²) in [6.45, 7) is 6.47. The lowest BCUT2D eigenvalue weighted by Crippen LogP contribution is -2.34. The Bertz CT molecular complexity index is 645. The number of ether oxygens (including phenoxy) is 2. The molecule has 0 heterocycles. The van der Waals surface area contributed by atoms with Crippen LogP contribution < -0.4 is 9.47 Å². The largest absolute Gasteiger partial charge is 0.493 e. The lowest BCUT2D eigenvalue weighted by atomic mass is 10.2. The van der Waals surface area contributed by atoms with E-state index < -0.39 is 6.10 Å². The van der Waals surface area contributed by atoms with Gasteiger partial charge in [-0.2, -0.15) is 0 Å². The van der Waals surface area contributed by atoms with Gasteiger partial charge in [0.05, 0.1) is 6.61 Å². The number of likely N-dealkylation sites (N-methyl/N-ethyl adjacent to an activating group) is 1. The van der Waals surface area contributed by atoms with Crippen LogP contribution >= 0.6 is 0 Å². The van der Waals surface area contributed by atoms with Gasteiger partial charge in [0.15, 0.2) is 0 Å². The van der Waals surface area contributed by atoms with Crippen LogP contribution in [-0.4, -0.2) is 49.5 Å². The Kier molecular flexibility index (Phi) is 7.76. The molecule has 1 atom stereocenters. The van der Waals surface area contributed by atoms with Crippen molar-refractivity contribution in [2.45, 2.75) is 26.4 Å². The van der Waals surface area contributed by atoms with E-state index in [9.17, 15) is 5.11 Å². The highest BCUT2D eigenvalue weighted by Gasteiger charge is 2.10. The zero-order chi connectivity index (χ0) is 18.1. The molecule has 0 aromatic heterocycles. The van der Waals surface area contributed by atoms with E-state index in [-0.39, 0.29) is 0 Å². The summed E-state index contributed by atoms with van der Waals surface area (Å²) in [5, 5.41) is 10.1. The second kappa shape index (κ2) is 10.1. The fourth-order valence-electron chi connectivity index (χ4n) is 2.64. The molecule has 0 spiro atoms. The molecule has 25 heavy (non-hydrogen) atoms. The maximum atomic E-state index is 10.1. The summed E-state index contributed by atoms with van der Waals surface area (Å²) in [5.41, 5.74) is 2.23. The number of para-hydroxylation sites is 2. The van der Waals surface area contributed by atoms with E-state index in [1.807, 2.05) is 69.4 Å². The first-order valence-corrected chi connectivity index (χ1v) is 8.79. The zero-order valence-electron chi connectivity index (χ0n) is 15.4. The second-order valence-corrected chi connectivity index (χ2v) is 6.46. The third-order valence-electron chi connectivity index (χ3n) is 4.08. The third kappa shape index (κ3) is 6.77. The van der Waals surface area contributed by atoms with Crippen molar-refractivity contribution >= 4 is 0 Å². The Hall–Kier alpha value is -2.04. The van der Waals surface area contributed by atoms with Crippen LogP contribution in [0.3, 0.4) is 0 Å². The second-order valence-electron chi connectivity index (χ2n) is 6.46. The molecule has 0 radical (unpaired) electrons. The highest BCUT2D eigenvalue weighted by Crippen LogP contribution is 2.17. The summed E-state index contributed by atoms with van der Waals surface area (Å²) in [6, 6.07) is 15.9. The first kappa shape index (κ1) is 19.3. The van der Waals surface area contributed by atoms with E-state index in [2.05, 4.69) is 4.90 Å². The van der Waals surface area contributed by atoms with Gasteiger partial charge in [-0.25, -0.2) is 0 Å². The van der Waals surface area contributed by atoms with Crippen molar-refractivity contribution in [3.63, 3.8) is 0 Å². The van der Waals surface area contributed by atoms with E-state index in [4.69, 9.17) is 9.47 Å². The molecule has 1 N–H and O–H groups in total. The zero-order valence-corrected chi connectivity index (χ0v) is 15.4. The van der Waals surface area contributed by atoms with Crippen molar-refractivity contribution < 1.29 is 14.6 Å². The lowest BCUT2D eigenvalue weighted by molar-refractivity contribution is 0.0746. The van der Waals surface area contributed by atoms with Crippen molar-refractivity contribution in [3.05, 3.63) is 59.7 Å². The van der Waals surface area contributed by atoms with Gasteiger partial charge in [0.1, 0.15) is 24.2 Å². The molecule has 2 aromatic rings. The highest BCUT2D eigenvalue weighted by atomic mass is 16.5. The Morgan fingerprint density at radius 3 is 2.08 bits per heavy atom. The lowest BCUT2D eigenvalue weighted by Gasteiger charge is -2.21. The molecule has 0 aliphatic heterocycles. The molecule has 1 unspecified atom stereocenters. The van der Waals surface area contributed by atoms with Crippen LogP contribution in [0, 0.1) is 13.8 Å². The minimum Gasteiger partial charge on any atom is -0.493 e. The normalized spacial score (nSPS) is 12.2. The Morgan fingerprint density at radius 1 is 0.920 bits per heavy atom. The van der Waals surface area contributed by atoms with Gasteiger partial charge in [-0.1, -0.05) is 36.4 Å². The summed E-state index contributed by atoms with van der Waals surface area (Å²) in [5.74, 6) is 1.77. The molecular formula is C21H29NO3. The molecule has 0 aliphatic carbocycles. The Labute approximate surface area is 151 Å². The number of nitrogens with zero attached hydrogens (tertiary/aromatic N) is 1. The first-order chi connectivity index (χ1) is 12.1. The SMILES string of the molecule is Cc1ccccc1OCCCN(C)CC(O)COc1ccccc1C. The minimum absolute atomic E-state index is 0.300. The number of aliphatic hydroxyl groups excluding tert-OH is 1. The van der Waals surface area contributed by atoms with Gasteiger partial charge < -0.3 is 19.5 Å². The van der Waals surface area contributed by atoms with Crippen LogP contribution in [0.25, 0.3) is 0 Å². The maximum absolute atomic E-state index is 10.1. The molecule has 2 rings (SSSR count). The molecule has 0 fully saturated rings. The van der Waals surface area contributed by atoms with Crippen LogP contribution in [0.1, 0.15) is 17.5 Å². The predicted octanol–water partition coefficient (Wildman–Crippen LogP) is 3.44. The number of rotatable bonds is 10. The molecule has 0 aliphatic rings.